The molecular weight excluding hydrogens is 462 g/mol. The van der Waals surface area contributed by atoms with Gasteiger partial charge in [0.15, 0.2) is 0 Å². The lowest BCUT2D eigenvalue weighted by Gasteiger charge is -2.25. The van der Waals surface area contributed by atoms with E-state index in [-0.39, 0.29) is 17.1 Å². The van der Waals surface area contributed by atoms with Gasteiger partial charge in [-0.05, 0) is 52.0 Å². The number of pyridine rings is 1. The number of amides is 1. The van der Waals surface area contributed by atoms with Crippen LogP contribution in [0.4, 0.5) is 0 Å². The Morgan fingerprint density at radius 2 is 1.91 bits per heavy atom. The molecule has 0 bridgehead atoms. The van der Waals surface area contributed by atoms with Crippen molar-refractivity contribution in [1.82, 2.24) is 15.0 Å². The van der Waals surface area contributed by atoms with E-state index in [0.717, 1.165) is 6.20 Å². The van der Waals surface area contributed by atoms with Crippen LogP contribution in [0.5, 0.6) is 0 Å². The molecule has 1 amide bonds. The number of hydrogen-bond acceptors (Lipinski definition) is 8. The number of rotatable bonds is 11. The third kappa shape index (κ3) is 11.0. The number of carbonyl (C=O) groups is 3. The van der Waals surface area contributed by atoms with Gasteiger partial charge >= 0.3 is 11.9 Å². The van der Waals surface area contributed by atoms with E-state index in [4.69, 9.17) is 9.47 Å². The summed E-state index contributed by atoms with van der Waals surface area (Å²) in [5, 5.41) is 2.48. The van der Waals surface area contributed by atoms with Gasteiger partial charge in [0.05, 0.1) is 6.54 Å². The summed E-state index contributed by atoms with van der Waals surface area (Å²) in [6.07, 6.45) is 7.15. The molecule has 0 spiro atoms. The minimum atomic E-state index is -3.96. The summed E-state index contributed by atoms with van der Waals surface area (Å²) in [7, 11) is -3.96. The Labute approximate surface area is 200 Å². The lowest BCUT2D eigenvalue weighted by Crippen LogP contribution is -2.47. The fourth-order valence-corrected chi connectivity index (χ4v) is 3.39. The van der Waals surface area contributed by atoms with Gasteiger partial charge in [-0.25, -0.2) is 17.9 Å². The van der Waals surface area contributed by atoms with Crippen molar-refractivity contribution in [1.29, 1.82) is 0 Å². The number of ether oxygens (including phenoxy) is 2. The van der Waals surface area contributed by atoms with E-state index in [9.17, 15) is 22.8 Å². The second-order valence-corrected chi connectivity index (χ2v) is 9.91. The maximum Gasteiger partial charge on any atom is 0.329 e. The van der Waals surface area contributed by atoms with Gasteiger partial charge in [-0.15, -0.1) is 0 Å². The number of sulfonamides is 1. The molecule has 0 aliphatic heterocycles. The molecule has 11 heteroatoms. The van der Waals surface area contributed by atoms with Gasteiger partial charge in [0.1, 0.15) is 22.3 Å². The highest BCUT2D eigenvalue weighted by Crippen LogP contribution is 2.14. The predicted octanol–water partition coefficient (Wildman–Crippen LogP) is 2.16. The maximum atomic E-state index is 12.7. The van der Waals surface area contributed by atoms with Crippen molar-refractivity contribution in [3.8, 4) is 0 Å². The first kappa shape index (κ1) is 28.7. The molecule has 186 valence electrons. The molecule has 34 heavy (non-hydrogen) atoms. The van der Waals surface area contributed by atoms with E-state index >= 15 is 0 Å². The van der Waals surface area contributed by atoms with E-state index in [1.54, 1.807) is 33.8 Å². The minimum absolute atomic E-state index is 0.0242. The first-order valence-electron chi connectivity index (χ1n) is 10.4. The zero-order valence-electron chi connectivity index (χ0n) is 20.0. The third-order valence-corrected chi connectivity index (χ3v) is 5.28. The first-order chi connectivity index (χ1) is 15.7. The molecule has 2 N–H and O–H groups in total. The van der Waals surface area contributed by atoms with Gasteiger partial charge in [-0.2, -0.15) is 0 Å². The number of esters is 2. The summed E-state index contributed by atoms with van der Waals surface area (Å²) < 4.78 is 37.1. The van der Waals surface area contributed by atoms with Crippen molar-refractivity contribution < 1.29 is 32.3 Å². The number of nitrogens with zero attached hydrogens (tertiary/aromatic N) is 1. The predicted molar refractivity (Wildman–Crippen MR) is 126 cm³/mol. The van der Waals surface area contributed by atoms with Crippen molar-refractivity contribution >= 4 is 27.9 Å². The quantitative estimate of drug-likeness (QED) is 0.271. The Balaban J connectivity index is 2.89. The molecule has 0 aliphatic rings. The molecular formula is C23H31N3O7S. The van der Waals surface area contributed by atoms with Crippen LogP contribution >= 0.6 is 0 Å². The van der Waals surface area contributed by atoms with E-state index in [1.165, 1.54) is 37.4 Å². The highest BCUT2D eigenvalue weighted by atomic mass is 32.2. The van der Waals surface area contributed by atoms with E-state index in [2.05, 4.69) is 21.6 Å². The summed E-state index contributed by atoms with van der Waals surface area (Å²) in [5.41, 5.74) is -0.384. The Morgan fingerprint density at radius 1 is 1.24 bits per heavy atom. The summed E-state index contributed by atoms with van der Waals surface area (Å²) in [4.78, 5) is 39.9. The molecule has 1 atom stereocenters. The fourth-order valence-electron chi connectivity index (χ4n) is 2.45. The average molecular weight is 494 g/mol. The van der Waals surface area contributed by atoms with Crippen LogP contribution < -0.4 is 10.0 Å². The Kier molecular flexibility index (Phi) is 10.8. The number of carbonyl (C=O) groups excluding carboxylic acids is 3. The standard InChI is InChI=1S/C23H31N3O7S/c1-7-18(32-17(3)27)11-10-16(2)13-20(22(29)33-23(4,5)6)26-21(28)15-25-34(30,31)19-9-8-12-24-14-19/h7-12,14,20,25H,2,13,15H2,1,3-6H3,(H,26,28)/b11-10-,18-7+/t20-/m0/s1. The summed E-state index contributed by atoms with van der Waals surface area (Å²) in [6.45, 7) is 11.2. The van der Waals surface area contributed by atoms with Crippen LogP contribution in [0, 0.1) is 0 Å². The second kappa shape index (κ2) is 12.8. The van der Waals surface area contributed by atoms with Crippen LogP contribution in [0.3, 0.4) is 0 Å². The van der Waals surface area contributed by atoms with E-state index in [1.807, 2.05) is 0 Å². The number of nitrogens with one attached hydrogen (secondary N) is 2. The molecule has 0 saturated carbocycles. The Morgan fingerprint density at radius 3 is 2.44 bits per heavy atom. The zero-order chi connectivity index (χ0) is 25.9. The first-order valence-corrected chi connectivity index (χ1v) is 11.8. The molecule has 1 aromatic rings. The van der Waals surface area contributed by atoms with Crippen molar-refractivity contribution in [2.24, 2.45) is 0 Å². The molecule has 0 unspecified atom stereocenters. The van der Waals surface area contributed by atoms with Crippen molar-refractivity contribution in [2.45, 2.75) is 57.6 Å². The van der Waals surface area contributed by atoms with Crippen LogP contribution in [0.1, 0.15) is 41.0 Å². The molecule has 0 saturated heterocycles. The largest absolute Gasteiger partial charge is 0.458 e. The molecule has 10 nitrogen and oxygen atoms in total. The molecule has 0 aliphatic carbocycles. The smallest absolute Gasteiger partial charge is 0.329 e. The van der Waals surface area contributed by atoms with Gasteiger partial charge in [0.25, 0.3) is 0 Å². The maximum absolute atomic E-state index is 12.7. The molecule has 0 fully saturated rings. The molecule has 1 heterocycles. The lowest BCUT2D eigenvalue weighted by atomic mass is 10.1. The van der Waals surface area contributed by atoms with Crippen molar-refractivity contribution in [3.63, 3.8) is 0 Å². The molecule has 1 aromatic heterocycles. The van der Waals surface area contributed by atoms with Crippen LogP contribution in [-0.2, 0) is 33.9 Å². The van der Waals surface area contributed by atoms with Gasteiger partial charge in [-0.3, -0.25) is 14.6 Å². The number of hydrogen-bond donors (Lipinski definition) is 2. The van der Waals surface area contributed by atoms with Crippen LogP contribution in [0.15, 0.2) is 65.6 Å². The molecule has 0 aromatic carbocycles. The fraction of sp³-hybridized carbons (Fsp3) is 0.391. The van der Waals surface area contributed by atoms with Crippen LogP contribution in [0.2, 0.25) is 0 Å². The van der Waals surface area contributed by atoms with Gasteiger partial charge in [-0.1, -0.05) is 18.2 Å². The van der Waals surface area contributed by atoms with E-state index < -0.39 is 46.1 Å². The Hall–Kier alpha value is -3.31. The number of aromatic nitrogens is 1. The number of allylic oxidation sites excluding steroid dienone is 3. The zero-order valence-corrected chi connectivity index (χ0v) is 20.8. The van der Waals surface area contributed by atoms with Gasteiger partial charge in [0.2, 0.25) is 15.9 Å². The molecule has 1 rings (SSSR count). The summed E-state index contributed by atoms with van der Waals surface area (Å²) in [6, 6.07) is 1.66. The minimum Gasteiger partial charge on any atom is -0.458 e. The molecule has 0 radical (unpaired) electrons. The lowest BCUT2D eigenvalue weighted by molar-refractivity contribution is -0.158. The van der Waals surface area contributed by atoms with Crippen molar-refractivity contribution in [3.05, 3.63) is 60.7 Å². The van der Waals surface area contributed by atoms with Crippen LogP contribution in [0.25, 0.3) is 0 Å². The summed E-state index contributed by atoms with van der Waals surface area (Å²) >= 11 is 0. The second-order valence-electron chi connectivity index (χ2n) is 8.15. The van der Waals surface area contributed by atoms with Gasteiger partial charge in [0, 0.05) is 25.7 Å². The highest BCUT2D eigenvalue weighted by Gasteiger charge is 2.27. The summed E-state index contributed by atoms with van der Waals surface area (Å²) in [5.74, 6) is -1.65. The normalized spacial score (nSPS) is 13.3. The topological polar surface area (TPSA) is 141 Å². The van der Waals surface area contributed by atoms with Gasteiger partial charge < -0.3 is 14.8 Å². The monoisotopic (exact) mass is 493 g/mol. The van der Waals surface area contributed by atoms with Crippen molar-refractivity contribution in [2.75, 3.05) is 6.54 Å². The Bertz CT molecular complexity index is 1060. The van der Waals surface area contributed by atoms with E-state index in [0.29, 0.717) is 5.57 Å². The SMILES string of the molecule is C=C(/C=C\C(=C/C)OC(C)=O)C[C@H](NC(=O)CNS(=O)(=O)c1cccnc1)C(=O)OC(C)(C)C. The average Bonchev–Trinajstić information content (AvgIpc) is 2.74. The third-order valence-electron chi connectivity index (χ3n) is 3.89. The van der Waals surface area contributed by atoms with Crippen LogP contribution in [-0.4, -0.2) is 49.4 Å². The highest BCUT2D eigenvalue weighted by molar-refractivity contribution is 7.89.